The van der Waals surface area contributed by atoms with Crippen LogP contribution in [-0.4, -0.2) is 52.7 Å². The van der Waals surface area contributed by atoms with Crippen LogP contribution in [0.25, 0.3) is 0 Å². The molecule has 26 heavy (non-hydrogen) atoms. The van der Waals surface area contributed by atoms with Crippen molar-refractivity contribution < 1.29 is 9.59 Å². The van der Waals surface area contributed by atoms with Crippen LogP contribution in [0.1, 0.15) is 43.6 Å². The van der Waals surface area contributed by atoms with Gasteiger partial charge >= 0.3 is 0 Å². The Kier molecular flexibility index (Phi) is 5.20. The van der Waals surface area contributed by atoms with Gasteiger partial charge in [-0.2, -0.15) is 0 Å². The number of benzene rings is 1. The number of piperazine rings is 1. The van der Waals surface area contributed by atoms with Gasteiger partial charge in [0.15, 0.2) is 5.78 Å². The SMILES string of the molecule is O=C1CCCc2nc(CN3CCN(C(=O)c4ccccc4Br)CC3)sc21. The van der Waals surface area contributed by atoms with E-state index in [4.69, 9.17) is 0 Å². The zero-order valence-electron chi connectivity index (χ0n) is 14.4. The third-order valence-electron chi connectivity index (χ3n) is 4.93. The number of hydrogen-bond donors (Lipinski definition) is 0. The van der Waals surface area contributed by atoms with Crippen LogP contribution in [-0.2, 0) is 13.0 Å². The summed E-state index contributed by atoms with van der Waals surface area (Å²) in [5.41, 5.74) is 1.70. The van der Waals surface area contributed by atoms with Gasteiger partial charge in [-0.05, 0) is 40.9 Å². The predicted molar refractivity (Wildman–Crippen MR) is 105 cm³/mol. The summed E-state index contributed by atoms with van der Waals surface area (Å²) in [6.07, 6.45) is 2.50. The Morgan fingerprint density at radius 2 is 1.92 bits per heavy atom. The van der Waals surface area contributed by atoms with Crippen molar-refractivity contribution >= 4 is 39.0 Å². The lowest BCUT2D eigenvalue weighted by molar-refractivity contribution is 0.0627. The summed E-state index contributed by atoms with van der Waals surface area (Å²) < 4.78 is 0.838. The topological polar surface area (TPSA) is 53.5 Å². The molecule has 1 aliphatic heterocycles. The highest BCUT2D eigenvalue weighted by Gasteiger charge is 2.26. The lowest BCUT2D eigenvalue weighted by Crippen LogP contribution is -2.48. The summed E-state index contributed by atoms with van der Waals surface area (Å²) in [4.78, 5) is 34.4. The van der Waals surface area contributed by atoms with E-state index in [1.165, 1.54) is 0 Å². The van der Waals surface area contributed by atoms with E-state index in [1.807, 2.05) is 29.2 Å². The Bertz CT molecular complexity index is 843. The molecule has 0 bridgehead atoms. The summed E-state index contributed by atoms with van der Waals surface area (Å²) in [6, 6.07) is 7.56. The number of amides is 1. The predicted octanol–water partition coefficient (Wildman–Crippen LogP) is 3.38. The van der Waals surface area contributed by atoms with Crippen molar-refractivity contribution in [2.75, 3.05) is 26.2 Å². The number of halogens is 1. The molecule has 1 aliphatic carbocycles. The number of rotatable bonds is 3. The molecule has 7 heteroatoms. The number of Topliss-reactive ketones (excluding diaryl/α,β-unsaturated/α-hetero) is 1. The Morgan fingerprint density at radius 3 is 2.65 bits per heavy atom. The molecule has 0 unspecified atom stereocenters. The van der Waals surface area contributed by atoms with E-state index in [0.717, 1.165) is 52.5 Å². The van der Waals surface area contributed by atoms with Crippen molar-refractivity contribution in [3.63, 3.8) is 0 Å². The van der Waals surface area contributed by atoms with Gasteiger partial charge in [-0.25, -0.2) is 4.98 Å². The van der Waals surface area contributed by atoms with E-state index in [2.05, 4.69) is 25.8 Å². The molecule has 4 rings (SSSR count). The first-order valence-corrected chi connectivity index (χ1v) is 10.5. The summed E-state index contributed by atoms with van der Waals surface area (Å²) in [5.74, 6) is 0.325. The summed E-state index contributed by atoms with van der Waals surface area (Å²) in [5, 5.41) is 1.02. The zero-order chi connectivity index (χ0) is 18.1. The van der Waals surface area contributed by atoms with E-state index < -0.39 is 0 Å². The van der Waals surface area contributed by atoms with Crippen LogP contribution in [0.5, 0.6) is 0 Å². The van der Waals surface area contributed by atoms with Crippen LogP contribution < -0.4 is 0 Å². The molecule has 1 aromatic heterocycles. The van der Waals surface area contributed by atoms with Crippen molar-refractivity contribution in [3.05, 3.63) is 49.9 Å². The van der Waals surface area contributed by atoms with Gasteiger partial charge in [0, 0.05) is 37.1 Å². The maximum absolute atomic E-state index is 12.7. The molecule has 0 atom stereocenters. The summed E-state index contributed by atoms with van der Waals surface area (Å²) in [6.45, 7) is 3.85. The molecule has 5 nitrogen and oxygen atoms in total. The lowest BCUT2D eigenvalue weighted by Gasteiger charge is -2.34. The maximum atomic E-state index is 12.7. The number of nitrogens with zero attached hydrogens (tertiary/aromatic N) is 3. The standard InChI is InChI=1S/C19H20BrN3O2S/c20-14-5-2-1-4-13(14)19(25)23-10-8-22(9-11-23)12-17-21-15-6-3-7-16(24)18(15)26-17/h1-2,4-5H,3,6-12H2. The molecule has 1 fully saturated rings. The quantitative estimate of drug-likeness (QED) is 0.744. The molecular weight excluding hydrogens is 414 g/mol. The van der Waals surface area contributed by atoms with Crippen LogP contribution in [0.2, 0.25) is 0 Å². The molecule has 0 radical (unpaired) electrons. The fourth-order valence-corrected chi connectivity index (χ4v) is 5.07. The fraction of sp³-hybridized carbons (Fsp3) is 0.421. The summed E-state index contributed by atoms with van der Waals surface area (Å²) in [7, 11) is 0. The highest BCUT2D eigenvalue weighted by molar-refractivity contribution is 9.10. The van der Waals surface area contributed by atoms with E-state index in [9.17, 15) is 9.59 Å². The van der Waals surface area contributed by atoms with Gasteiger partial charge in [0.2, 0.25) is 0 Å². The average molecular weight is 434 g/mol. The molecule has 2 heterocycles. The van der Waals surface area contributed by atoms with Crippen molar-refractivity contribution in [2.45, 2.75) is 25.8 Å². The number of aryl methyl sites for hydroxylation is 1. The largest absolute Gasteiger partial charge is 0.336 e. The van der Waals surface area contributed by atoms with Crippen LogP contribution in [0.15, 0.2) is 28.7 Å². The van der Waals surface area contributed by atoms with E-state index >= 15 is 0 Å². The van der Waals surface area contributed by atoms with E-state index in [1.54, 1.807) is 11.3 Å². The van der Waals surface area contributed by atoms with Crippen molar-refractivity contribution in [3.8, 4) is 0 Å². The van der Waals surface area contributed by atoms with Gasteiger partial charge in [0.1, 0.15) is 5.01 Å². The van der Waals surface area contributed by atoms with Gasteiger partial charge < -0.3 is 4.90 Å². The Labute approximate surface area is 165 Å². The first-order valence-electron chi connectivity index (χ1n) is 8.90. The number of carbonyl (C=O) groups is 2. The molecule has 0 N–H and O–H groups in total. The van der Waals surface area contributed by atoms with Gasteiger partial charge in [-0.3, -0.25) is 14.5 Å². The molecule has 1 aromatic carbocycles. The molecule has 1 saturated heterocycles. The van der Waals surface area contributed by atoms with Crippen LogP contribution in [0.4, 0.5) is 0 Å². The maximum Gasteiger partial charge on any atom is 0.255 e. The zero-order valence-corrected chi connectivity index (χ0v) is 16.8. The number of thiazole rings is 1. The Morgan fingerprint density at radius 1 is 1.15 bits per heavy atom. The monoisotopic (exact) mass is 433 g/mol. The summed E-state index contributed by atoms with van der Waals surface area (Å²) >= 11 is 5.01. The van der Waals surface area contributed by atoms with Gasteiger partial charge in [0.25, 0.3) is 5.91 Å². The highest BCUT2D eigenvalue weighted by atomic mass is 79.9. The van der Waals surface area contributed by atoms with Crippen LogP contribution in [0.3, 0.4) is 0 Å². The second-order valence-electron chi connectivity index (χ2n) is 6.71. The van der Waals surface area contributed by atoms with Crippen LogP contribution >= 0.6 is 27.3 Å². The number of fused-ring (bicyclic) bond motifs is 1. The Hall–Kier alpha value is -1.57. The van der Waals surface area contributed by atoms with Crippen molar-refractivity contribution in [2.24, 2.45) is 0 Å². The molecule has 2 aromatic rings. The molecular formula is C19H20BrN3O2S. The number of hydrogen-bond acceptors (Lipinski definition) is 5. The van der Waals surface area contributed by atoms with Crippen molar-refractivity contribution in [1.82, 2.24) is 14.8 Å². The molecule has 2 aliphatic rings. The lowest BCUT2D eigenvalue weighted by atomic mass is 10.0. The molecule has 1 amide bonds. The van der Waals surface area contributed by atoms with Gasteiger partial charge in [-0.1, -0.05) is 12.1 Å². The van der Waals surface area contributed by atoms with Gasteiger partial charge in [-0.15, -0.1) is 11.3 Å². The Balaban J connectivity index is 1.36. The minimum absolute atomic E-state index is 0.0763. The van der Waals surface area contributed by atoms with Crippen LogP contribution in [0, 0.1) is 0 Å². The van der Waals surface area contributed by atoms with Crippen molar-refractivity contribution in [1.29, 1.82) is 0 Å². The minimum atomic E-state index is 0.0763. The molecule has 136 valence electrons. The normalized spacial score (nSPS) is 18.0. The van der Waals surface area contributed by atoms with E-state index in [0.29, 0.717) is 25.1 Å². The third kappa shape index (κ3) is 3.61. The molecule has 0 spiro atoms. The third-order valence-corrected chi connectivity index (χ3v) is 6.75. The first kappa shape index (κ1) is 17.8. The number of carbonyl (C=O) groups excluding carboxylic acids is 2. The second kappa shape index (κ2) is 7.58. The second-order valence-corrected chi connectivity index (χ2v) is 8.65. The minimum Gasteiger partial charge on any atom is -0.336 e. The number of aromatic nitrogens is 1. The van der Waals surface area contributed by atoms with Gasteiger partial charge in [0.05, 0.1) is 22.7 Å². The average Bonchev–Trinajstić information content (AvgIpc) is 3.06. The fourth-order valence-electron chi connectivity index (χ4n) is 3.49. The first-order chi connectivity index (χ1) is 12.6. The molecule has 0 saturated carbocycles. The smallest absolute Gasteiger partial charge is 0.255 e. The van der Waals surface area contributed by atoms with E-state index in [-0.39, 0.29) is 11.7 Å². The number of ketones is 1. The highest BCUT2D eigenvalue weighted by Crippen LogP contribution is 2.27.